The van der Waals surface area contributed by atoms with Gasteiger partial charge in [-0.2, -0.15) is 4.39 Å². The van der Waals surface area contributed by atoms with Crippen LogP contribution in [0.5, 0.6) is 0 Å². The Hall–Kier alpha value is -0.950. The van der Waals surface area contributed by atoms with Crippen molar-refractivity contribution in [2.24, 2.45) is 5.41 Å². The summed E-state index contributed by atoms with van der Waals surface area (Å²) in [5, 5.41) is 14.3. The van der Waals surface area contributed by atoms with Gasteiger partial charge in [-0.1, -0.05) is 26.8 Å². The van der Waals surface area contributed by atoms with E-state index >= 15 is 0 Å². The van der Waals surface area contributed by atoms with Gasteiger partial charge >= 0.3 is 5.69 Å². The van der Waals surface area contributed by atoms with E-state index in [0.29, 0.717) is 0 Å². The van der Waals surface area contributed by atoms with Gasteiger partial charge in [-0.15, -0.1) is 24.8 Å². The molecule has 1 aliphatic rings. The van der Waals surface area contributed by atoms with Crippen molar-refractivity contribution in [3.63, 3.8) is 0 Å². The van der Waals surface area contributed by atoms with Crippen LogP contribution in [0.15, 0.2) is 18.2 Å². The molecule has 23 heavy (non-hydrogen) atoms. The van der Waals surface area contributed by atoms with E-state index in [4.69, 9.17) is 0 Å². The second kappa shape index (κ2) is 8.78. The molecule has 2 rings (SSSR count). The number of piperazine rings is 1. The Morgan fingerprint density at radius 1 is 1.26 bits per heavy atom. The molecule has 1 heterocycles. The molecule has 0 unspecified atom stereocenters. The van der Waals surface area contributed by atoms with Gasteiger partial charge in [-0.05, 0) is 17.0 Å². The van der Waals surface area contributed by atoms with Crippen LogP contribution in [0, 0.1) is 21.3 Å². The Kier molecular flexibility index (Phi) is 8.41. The zero-order chi connectivity index (χ0) is 15.6. The first-order valence-corrected chi connectivity index (χ1v) is 7.19. The predicted molar refractivity (Wildman–Crippen MR) is 94.2 cm³/mol. The summed E-state index contributed by atoms with van der Waals surface area (Å²) in [4.78, 5) is 12.6. The molecule has 1 atom stereocenters. The van der Waals surface area contributed by atoms with Gasteiger partial charge in [0.1, 0.15) is 0 Å². The van der Waals surface area contributed by atoms with Crippen molar-refractivity contribution in [2.45, 2.75) is 26.8 Å². The van der Waals surface area contributed by atoms with Crippen molar-refractivity contribution in [3.8, 4) is 0 Å². The van der Waals surface area contributed by atoms with E-state index in [1.807, 2.05) is 0 Å². The van der Waals surface area contributed by atoms with Crippen LogP contribution >= 0.6 is 24.8 Å². The van der Waals surface area contributed by atoms with E-state index in [9.17, 15) is 14.5 Å². The summed E-state index contributed by atoms with van der Waals surface area (Å²) >= 11 is 0. The molecule has 1 aliphatic heterocycles. The van der Waals surface area contributed by atoms with Crippen molar-refractivity contribution in [1.29, 1.82) is 0 Å². The summed E-state index contributed by atoms with van der Waals surface area (Å²) in [6.07, 6.45) is 0. The first-order chi connectivity index (χ1) is 9.80. The van der Waals surface area contributed by atoms with Crippen LogP contribution in [0.1, 0.15) is 32.4 Å². The molecule has 1 aromatic carbocycles. The third kappa shape index (κ3) is 5.28. The molecule has 8 heteroatoms. The molecule has 1 saturated heterocycles. The number of benzene rings is 1. The van der Waals surface area contributed by atoms with Gasteiger partial charge < -0.3 is 5.32 Å². The predicted octanol–water partition coefficient (Wildman–Crippen LogP) is 3.57. The fraction of sp³-hybridized carbons (Fsp3) is 0.600. The standard InChI is InChI=1S/C15H22FN3O2.2ClH/c1-15(2,3)14(18-8-6-17-7-9-18)11-4-5-12(16)13(10-11)19(20)21;;/h4-5,10,14,17H,6-9H2,1-3H3;2*1H/t14-;;/m1../s1. The number of nitrogens with zero attached hydrogens (tertiary/aromatic N) is 2. The van der Waals surface area contributed by atoms with E-state index in [1.165, 1.54) is 12.1 Å². The topological polar surface area (TPSA) is 58.4 Å². The van der Waals surface area contributed by atoms with Crippen molar-refractivity contribution in [3.05, 3.63) is 39.7 Å². The monoisotopic (exact) mass is 367 g/mol. The zero-order valence-electron chi connectivity index (χ0n) is 13.5. The molecule has 0 spiro atoms. The number of nitro benzene ring substituents is 1. The maximum atomic E-state index is 13.6. The maximum Gasteiger partial charge on any atom is 0.305 e. The third-order valence-corrected chi connectivity index (χ3v) is 3.82. The van der Waals surface area contributed by atoms with Gasteiger partial charge in [-0.25, -0.2) is 0 Å². The number of nitrogens with one attached hydrogen (secondary N) is 1. The first-order valence-electron chi connectivity index (χ1n) is 7.19. The summed E-state index contributed by atoms with van der Waals surface area (Å²) in [6.45, 7) is 9.88. The highest BCUT2D eigenvalue weighted by molar-refractivity contribution is 5.85. The Balaban J connectivity index is 0.00000242. The highest BCUT2D eigenvalue weighted by Gasteiger charge is 2.33. The summed E-state index contributed by atoms with van der Waals surface area (Å²) in [7, 11) is 0. The minimum atomic E-state index is -0.781. The van der Waals surface area contributed by atoms with E-state index in [0.717, 1.165) is 31.7 Å². The van der Waals surface area contributed by atoms with Crippen LogP contribution in [-0.4, -0.2) is 36.0 Å². The molecule has 5 nitrogen and oxygen atoms in total. The van der Waals surface area contributed by atoms with Gasteiger partial charge in [0.25, 0.3) is 0 Å². The molecule has 0 bridgehead atoms. The molecule has 0 aromatic heterocycles. The minimum absolute atomic E-state index is 0. The van der Waals surface area contributed by atoms with E-state index in [-0.39, 0.29) is 36.3 Å². The largest absolute Gasteiger partial charge is 0.314 e. The molecule has 0 radical (unpaired) electrons. The minimum Gasteiger partial charge on any atom is -0.314 e. The van der Waals surface area contributed by atoms with E-state index in [1.54, 1.807) is 6.07 Å². The highest BCUT2D eigenvalue weighted by atomic mass is 35.5. The average molecular weight is 368 g/mol. The Labute approximate surface area is 148 Å². The number of nitro groups is 1. The lowest BCUT2D eigenvalue weighted by Crippen LogP contribution is -2.48. The molecule has 1 N–H and O–H groups in total. The smallest absolute Gasteiger partial charge is 0.305 e. The summed E-state index contributed by atoms with van der Waals surface area (Å²) < 4.78 is 13.6. The van der Waals surface area contributed by atoms with Crippen molar-refractivity contribution in [1.82, 2.24) is 10.2 Å². The SMILES string of the molecule is CC(C)(C)[C@@H](c1ccc(F)c([N+](=O)[O-])c1)N1CCNCC1.Cl.Cl. The highest BCUT2D eigenvalue weighted by Crippen LogP contribution is 2.39. The van der Waals surface area contributed by atoms with Crippen LogP contribution < -0.4 is 5.32 Å². The molecule has 1 fully saturated rings. The summed E-state index contributed by atoms with van der Waals surface area (Å²) in [5.74, 6) is -0.781. The lowest BCUT2D eigenvalue weighted by Gasteiger charge is -2.42. The quantitative estimate of drug-likeness (QED) is 0.655. The molecule has 0 aliphatic carbocycles. The van der Waals surface area contributed by atoms with Gasteiger partial charge in [0.05, 0.1) is 4.92 Å². The van der Waals surface area contributed by atoms with Gasteiger partial charge in [-0.3, -0.25) is 15.0 Å². The van der Waals surface area contributed by atoms with Gasteiger partial charge in [0.2, 0.25) is 5.82 Å². The normalized spacial score (nSPS) is 16.9. The molecule has 0 saturated carbocycles. The van der Waals surface area contributed by atoms with Crippen LogP contribution in [0.4, 0.5) is 10.1 Å². The van der Waals surface area contributed by atoms with E-state index in [2.05, 4.69) is 31.0 Å². The second-order valence-electron chi connectivity index (χ2n) is 6.52. The number of rotatable bonds is 3. The lowest BCUT2D eigenvalue weighted by atomic mass is 9.81. The Bertz CT molecular complexity index is 532. The van der Waals surface area contributed by atoms with Crippen molar-refractivity contribution >= 4 is 30.5 Å². The van der Waals surface area contributed by atoms with Crippen LogP contribution in [-0.2, 0) is 0 Å². The number of hydrogen-bond acceptors (Lipinski definition) is 4. The van der Waals surface area contributed by atoms with Crippen molar-refractivity contribution < 1.29 is 9.31 Å². The fourth-order valence-corrected chi connectivity index (χ4v) is 3.04. The summed E-state index contributed by atoms with van der Waals surface area (Å²) in [5.41, 5.74) is 0.262. The van der Waals surface area contributed by atoms with Crippen LogP contribution in [0.3, 0.4) is 0 Å². The number of hydrogen-bond donors (Lipinski definition) is 1. The van der Waals surface area contributed by atoms with Crippen molar-refractivity contribution in [2.75, 3.05) is 26.2 Å². The maximum absolute atomic E-state index is 13.6. The van der Waals surface area contributed by atoms with Gasteiger partial charge in [0.15, 0.2) is 0 Å². The molecule has 132 valence electrons. The Morgan fingerprint density at radius 3 is 2.30 bits per heavy atom. The first kappa shape index (κ1) is 22.1. The van der Waals surface area contributed by atoms with Crippen LogP contribution in [0.2, 0.25) is 0 Å². The van der Waals surface area contributed by atoms with E-state index < -0.39 is 16.4 Å². The summed E-state index contributed by atoms with van der Waals surface area (Å²) in [6, 6.07) is 4.28. The average Bonchev–Trinajstić information content (AvgIpc) is 2.40. The third-order valence-electron chi connectivity index (χ3n) is 3.82. The molecular weight excluding hydrogens is 344 g/mol. The Morgan fingerprint density at radius 2 is 1.83 bits per heavy atom. The fourth-order valence-electron chi connectivity index (χ4n) is 3.04. The zero-order valence-corrected chi connectivity index (χ0v) is 15.2. The number of halogens is 3. The molecule has 1 aromatic rings. The lowest BCUT2D eigenvalue weighted by molar-refractivity contribution is -0.387. The molecular formula is C15H24Cl2FN3O2. The molecule has 0 amide bonds. The van der Waals surface area contributed by atoms with Crippen LogP contribution in [0.25, 0.3) is 0 Å². The van der Waals surface area contributed by atoms with Gasteiger partial charge in [0, 0.05) is 38.3 Å². The second-order valence-corrected chi connectivity index (χ2v) is 6.52.